The number of nitrogens with two attached hydrogens (primary N) is 1. The van der Waals surface area contributed by atoms with E-state index in [4.69, 9.17) is 5.73 Å². The summed E-state index contributed by atoms with van der Waals surface area (Å²) in [5.41, 5.74) is 7.66. The molecule has 1 unspecified atom stereocenters. The first-order valence-corrected chi connectivity index (χ1v) is 7.58. The fourth-order valence-corrected chi connectivity index (χ4v) is 2.92. The van der Waals surface area contributed by atoms with Crippen molar-refractivity contribution in [2.45, 2.75) is 25.9 Å². The van der Waals surface area contributed by atoms with Gasteiger partial charge in [0.05, 0.1) is 10.7 Å². The predicted molar refractivity (Wildman–Crippen MR) is 81.5 cm³/mol. The van der Waals surface area contributed by atoms with Gasteiger partial charge >= 0.3 is 0 Å². The summed E-state index contributed by atoms with van der Waals surface area (Å²) < 4.78 is 25.6. The van der Waals surface area contributed by atoms with Crippen LogP contribution in [0.15, 0.2) is 29.6 Å². The molecule has 0 aliphatic heterocycles. The van der Waals surface area contributed by atoms with Crippen molar-refractivity contribution < 1.29 is 8.78 Å². The van der Waals surface area contributed by atoms with Crippen molar-refractivity contribution in [3.63, 3.8) is 0 Å². The Hall–Kier alpha value is -1.37. The molecule has 21 heavy (non-hydrogen) atoms. The van der Waals surface area contributed by atoms with Gasteiger partial charge in [-0.05, 0) is 25.6 Å². The molecule has 1 aromatic heterocycles. The van der Waals surface area contributed by atoms with Crippen LogP contribution in [0.4, 0.5) is 8.78 Å². The summed E-state index contributed by atoms with van der Waals surface area (Å²) in [4.78, 5) is 6.46. The van der Waals surface area contributed by atoms with Gasteiger partial charge in [-0.2, -0.15) is 0 Å². The topological polar surface area (TPSA) is 42.2 Å². The standard InChI is InChI=1S/C15H19F2N3S/c1-10-19-13(9-21-10)8-20(2)14(7-18)11-4-3-5-12(6-11)15(16)17/h3-6,9,14-15H,7-8,18H2,1-2H3. The summed E-state index contributed by atoms with van der Waals surface area (Å²) in [6, 6.07) is 6.36. The maximum Gasteiger partial charge on any atom is 0.263 e. The number of thiazole rings is 1. The molecule has 1 aromatic carbocycles. The Bertz CT molecular complexity index is 586. The number of nitrogens with zero attached hydrogens (tertiary/aromatic N) is 2. The average molecular weight is 311 g/mol. The van der Waals surface area contributed by atoms with Crippen molar-refractivity contribution in [1.82, 2.24) is 9.88 Å². The fraction of sp³-hybridized carbons (Fsp3) is 0.400. The van der Waals surface area contributed by atoms with Crippen molar-refractivity contribution in [2.24, 2.45) is 5.73 Å². The third-order valence-corrected chi connectivity index (χ3v) is 4.20. The fourth-order valence-electron chi connectivity index (χ4n) is 2.32. The molecule has 0 aliphatic carbocycles. The summed E-state index contributed by atoms with van der Waals surface area (Å²) in [6.07, 6.45) is -2.46. The van der Waals surface area contributed by atoms with E-state index < -0.39 is 6.43 Å². The molecule has 1 heterocycles. The number of hydrogen-bond acceptors (Lipinski definition) is 4. The largest absolute Gasteiger partial charge is 0.329 e. The van der Waals surface area contributed by atoms with Gasteiger partial charge in [0.1, 0.15) is 0 Å². The van der Waals surface area contributed by atoms with E-state index in [1.165, 1.54) is 12.1 Å². The average Bonchev–Trinajstić information content (AvgIpc) is 2.85. The molecule has 3 nitrogen and oxygen atoms in total. The molecule has 1 atom stereocenters. The molecule has 0 radical (unpaired) electrons. The van der Waals surface area contributed by atoms with E-state index in [1.54, 1.807) is 17.4 Å². The number of halogens is 2. The van der Waals surface area contributed by atoms with E-state index in [0.717, 1.165) is 16.3 Å². The van der Waals surface area contributed by atoms with Crippen LogP contribution >= 0.6 is 11.3 Å². The quantitative estimate of drug-likeness (QED) is 0.887. The lowest BCUT2D eigenvalue weighted by atomic mass is 10.0. The Morgan fingerprint density at radius 1 is 1.33 bits per heavy atom. The SMILES string of the molecule is Cc1nc(CN(C)C(CN)c2cccc(C(F)F)c2)cs1. The highest BCUT2D eigenvalue weighted by Crippen LogP contribution is 2.25. The van der Waals surface area contributed by atoms with Gasteiger partial charge in [-0.3, -0.25) is 4.90 Å². The summed E-state index contributed by atoms with van der Waals surface area (Å²) in [5.74, 6) is 0. The van der Waals surface area contributed by atoms with Crippen LogP contribution in [0.2, 0.25) is 0 Å². The zero-order valence-corrected chi connectivity index (χ0v) is 12.9. The van der Waals surface area contributed by atoms with Crippen LogP contribution in [0.3, 0.4) is 0 Å². The van der Waals surface area contributed by atoms with Crippen molar-refractivity contribution >= 4 is 11.3 Å². The minimum atomic E-state index is -2.46. The lowest BCUT2D eigenvalue weighted by Gasteiger charge is -2.27. The summed E-state index contributed by atoms with van der Waals surface area (Å²) in [7, 11) is 1.93. The van der Waals surface area contributed by atoms with Crippen molar-refractivity contribution in [3.8, 4) is 0 Å². The van der Waals surface area contributed by atoms with Crippen molar-refractivity contribution in [3.05, 3.63) is 51.5 Å². The van der Waals surface area contributed by atoms with Crippen LogP contribution < -0.4 is 5.73 Å². The van der Waals surface area contributed by atoms with Crippen molar-refractivity contribution in [1.29, 1.82) is 0 Å². The van der Waals surface area contributed by atoms with Crippen molar-refractivity contribution in [2.75, 3.05) is 13.6 Å². The van der Waals surface area contributed by atoms with Gasteiger partial charge in [0.15, 0.2) is 0 Å². The molecule has 0 aliphatic rings. The Labute approximate surface area is 127 Å². The molecular formula is C15H19F2N3S. The number of aryl methyl sites for hydroxylation is 1. The molecule has 0 saturated heterocycles. The zero-order valence-electron chi connectivity index (χ0n) is 12.1. The minimum Gasteiger partial charge on any atom is -0.329 e. The molecule has 0 amide bonds. The number of alkyl halides is 2. The highest BCUT2D eigenvalue weighted by Gasteiger charge is 2.18. The first kappa shape index (κ1) is 16.0. The van der Waals surface area contributed by atoms with E-state index in [0.29, 0.717) is 13.1 Å². The molecule has 114 valence electrons. The number of aromatic nitrogens is 1. The Morgan fingerprint density at radius 2 is 2.05 bits per heavy atom. The number of hydrogen-bond donors (Lipinski definition) is 1. The van der Waals surface area contributed by atoms with Gasteiger partial charge in [-0.25, -0.2) is 13.8 Å². The van der Waals surface area contributed by atoms with Crippen LogP contribution in [0, 0.1) is 6.92 Å². The van der Waals surface area contributed by atoms with E-state index in [9.17, 15) is 8.78 Å². The predicted octanol–water partition coefficient (Wildman–Crippen LogP) is 3.52. The van der Waals surface area contributed by atoms with Gasteiger partial charge in [0.2, 0.25) is 0 Å². The lowest BCUT2D eigenvalue weighted by Crippen LogP contribution is -2.30. The van der Waals surface area contributed by atoms with Gasteiger partial charge in [-0.15, -0.1) is 11.3 Å². The number of rotatable bonds is 6. The molecular weight excluding hydrogens is 292 g/mol. The highest BCUT2D eigenvalue weighted by molar-refractivity contribution is 7.09. The normalized spacial score (nSPS) is 13.1. The van der Waals surface area contributed by atoms with Crippen LogP contribution in [0.5, 0.6) is 0 Å². The number of benzene rings is 1. The van der Waals surface area contributed by atoms with E-state index in [1.807, 2.05) is 30.3 Å². The smallest absolute Gasteiger partial charge is 0.263 e. The number of likely N-dealkylation sites (N-methyl/N-ethyl adjacent to an activating group) is 1. The lowest BCUT2D eigenvalue weighted by molar-refractivity contribution is 0.151. The molecule has 0 bridgehead atoms. The van der Waals surface area contributed by atoms with Gasteiger partial charge in [0.25, 0.3) is 6.43 Å². The van der Waals surface area contributed by atoms with E-state index >= 15 is 0 Å². The molecule has 0 saturated carbocycles. The second-order valence-electron chi connectivity index (χ2n) is 5.00. The first-order valence-electron chi connectivity index (χ1n) is 6.70. The van der Waals surface area contributed by atoms with E-state index in [2.05, 4.69) is 4.98 Å². The third kappa shape index (κ3) is 4.06. The highest BCUT2D eigenvalue weighted by atomic mass is 32.1. The van der Waals surface area contributed by atoms with Gasteiger partial charge in [-0.1, -0.05) is 18.2 Å². The second kappa shape index (κ2) is 7.06. The molecule has 2 N–H and O–H groups in total. The third-order valence-electron chi connectivity index (χ3n) is 3.38. The van der Waals surface area contributed by atoms with Crippen LogP contribution in [0.1, 0.15) is 34.3 Å². The molecule has 0 fully saturated rings. The molecule has 6 heteroatoms. The zero-order chi connectivity index (χ0) is 15.4. The van der Waals surface area contributed by atoms with Crippen LogP contribution in [-0.4, -0.2) is 23.5 Å². The summed E-state index contributed by atoms with van der Waals surface area (Å²) in [5, 5.41) is 3.03. The summed E-state index contributed by atoms with van der Waals surface area (Å²) in [6.45, 7) is 2.97. The monoisotopic (exact) mass is 311 g/mol. The van der Waals surface area contributed by atoms with Gasteiger partial charge in [0, 0.05) is 30.1 Å². The molecule has 2 aromatic rings. The summed E-state index contributed by atoms with van der Waals surface area (Å²) >= 11 is 1.60. The molecule has 0 spiro atoms. The van der Waals surface area contributed by atoms with Crippen LogP contribution in [0.25, 0.3) is 0 Å². The van der Waals surface area contributed by atoms with Gasteiger partial charge < -0.3 is 5.73 Å². The minimum absolute atomic E-state index is 0.0313. The maximum atomic E-state index is 12.8. The van der Waals surface area contributed by atoms with E-state index in [-0.39, 0.29) is 11.6 Å². The first-order chi connectivity index (χ1) is 10.0. The van der Waals surface area contributed by atoms with Crippen LogP contribution in [-0.2, 0) is 6.54 Å². The Kier molecular flexibility index (Phi) is 5.39. The maximum absolute atomic E-state index is 12.8. The molecule has 2 rings (SSSR count). The Morgan fingerprint density at radius 3 is 2.62 bits per heavy atom. The Balaban J connectivity index is 2.16. The second-order valence-corrected chi connectivity index (χ2v) is 6.06.